The van der Waals surface area contributed by atoms with Gasteiger partial charge in [0.1, 0.15) is 11.2 Å². The van der Waals surface area contributed by atoms with Gasteiger partial charge in [0.15, 0.2) is 11.6 Å². The normalized spacial score (nSPS) is 22.5. The lowest BCUT2D eigenvalue weighted by Crippen LogP contribution is -2.29. The number of nitrogens with zero attached hydrogens (tertiary/aromatic N) is 3. The Hall–Kier alpha value is -2.19. The highest BCUT2D eigenvalue weighted by molar-refractivity contribution is 5.92. The number of carbonyl (C=O) groups is 1. The van der Waals surface area contributed by atoms with E-state index in [-0.39, 0.29) is 47.2 Å². The van der Waals surface area contributed by atoms with Gasteiger partial charge in [0.25, 0.3) is 0 Å². The molecule has 7 nitrogen and oxygen atoms in total. The van der Waals surface area contributed by atoms with Crippen LogP contribution in [0.2, 0.25) is 0 Å². The summed E-state index contributed by atoms with van der Waals surface area (Å²) in [6, 6.07) is 1.16. The van der Waals surface area contributed by atoms with Crippen LogP contribution in [0.25, 0.3) is 11.0 Å². The Balaban J connectivity index is 0.00000196. The molecule has 140 valence electrons. The lowest BCUT2D eigenvalue weighted by molar-refractivity contribution is 0.0695. The van der Waals surface area contributed by atoms with Gasteiger partial charge in [-0.25, -0.2) is 14.2 Å². The Bertz CT molecular complexity index is 934. The van der Waals surface area contributed by atoms with E-state index in [9.17, 15) is 19.1 Å². The van der Waals surface area contributed by atoms with Crippen molar-refractivity contribution in [1.82, 2.24) is 9.55 Å². The second-order valence-corrected chi connectivity index (χ2v) is 7.03. The molecule has 3 heterocycles. The zero-order chi connectivity index (χ0) is 17.9. The summed E-state index contributed by atoms with van der Waals surface area (Å²) in [6.45, 7) is 3.10. The van der Waals surface area contributed by atoms with Crippen LogP contribution in [0.15, 0.2) is 17.1 Å². The van der Waals surface area contributed by atoms with E-state index in [0.29, 0.717) is 18.7 Å². The van der Waals surface area contributed by atoms with Gasteiger partial charge < -0.3 is 20.3 Å². The van der Waals surface area contributed by atoms with E-state index in [2.05, 4.69) is 4.98 Å². The largest absolute Gasteiger partial charge is 0.477 e. The standard InChI is InChI=1S/C17H19FN4O3.ClH/c1-8-5-21(7-13(8)19)16-12(18)4-10-14(23)11(17(24)25)6-22(9-2-3-9)15(10)20-16;/h4,6,8-9,13H,2-3,5,7,19H2,1H3,(H,24,25);1H. The minimum atomic E-state index is -1.31. The molecule has 0 amide bonds. The first-order chi connectivity index (χ1) is 11.9. The van der Waals surface area contributed by atoms with Crippen molar-refractivity contribution in [2.75, 3.05) is 18.0 Å². The molecule has 2 atom stereocenters. The predicted molar refractivity (Wildman–Crippen MR) is 97.8 cm³/mol. The van der Waals surface area contributed by atoms with Crippen LogP contribution >= 0.6 is 12.4 Å². The number of halogens is 2. The average molecular weight is 383 g/mol. The molecular formula is C17H20ClFN4O3. The number of hydrogen-bond donors (Lipinski definition) is 2. The fraction of sp³-hybridized carbons (Fsp3) is 0.471. The smallest absolute Gasteiger partial charge is 0.341 e. The van der Waals surface area contributed by atoms with Gasteiger partial charge in [-0.2, -0.15) is 0 Å². The van der Waals surface area contributed by atoms with Gasteiger partial charge in [-0.05, 0) is 24.8 Å². The molecule has 3 N–H and O–H groups in total. The van der Waals surface area contributed by atoms with Crippen LogP contribution in [0.5, 0.6) is 0 Å². The summed E-state index contributed by atoms with van der Waals surface area (Å²) in [5.74, 6) is -1.55. The third kappa shape index (κ3) is 2.93. The molecule has 2 aromatic heterocycles. The maximum absolute atomic E-state index is 14.6. The lowest BCUT2D eigenvalue weighted by Gasteiger charge is -2.19. The van der Waals surface area contributed by atoms with Crippen molar-refractivity contribution < 1.29 is 14.3 Å². The number of fused-ring (bicyclic) bond motifs is 1. The van der Waals surface area contributed by atoms with Crippen molar-refractivity contribution in [3.63, 3.8) is 0 Å². The molecule has 9 heteroatoms. The first-order valence-corrected chi connectivity index (χ1v) is 8.36. The zero-order valence-electron chi connectivity index (χ0n) is 14.2. The van der Waals surface area contributed by atoms with Gasteiger partial charge >= 0.3 is 5.97 Å². The van der Waals surface area contributed by atoms with Crippen LogP contribution in [-0.4, -0.2) is 39.8 Å². The van der Waals surface area contributed by atoms with Crippen molar-refractivity contribution in [2.24, 2.45) is 11.7 Å². The molecule has 1 aliphatic carbocycles. The van der Waals surface area contributed by atoms with E-state index in [0.717, 1.165) is 18.9 Å². The summed E-state index contributed by atoms with van der Waals surface area (Å²) in [4.78, 5) is 30.0. The minimum absolute atomic E-state index is 0. The fourth-order valence-corrected chi connectivity index (χ4v) is 3.41. The summed E-state index contributed by atoms with van der Waals surface area (Å²) in [6.07, 6.45) is 3.10. The zero-order valence-corrected chi connectivity index (χ0v) is 15.0. The summed E-state index contributed by atoms with van der Waals surface area (Å²) in [7, 11) is 0. The molecule has 2 aromatic rings. The molecular weight excluding hydrogens is 363 g/mol. The number of aromatic carboxylic acids is 1. The van der Waals surface area contributed by atoms with Gasteiger partial charge in [0.05, 0.1) is 5.39 Å². The highest BCUT2D eigenvalue weighted by atomic mass is 35.5. The van der Waals surface area contributed by atoms with E-state index in [1.54, 1.807) is 9.47 Å². The lowest BCUT2D eigenvalue weighted by atomic mass is 10.1. The maximum Gasteiger partial charge on any atom is 0.341 e. The maximum atomic E-state index is 14.6. The van der Waals surface area contributed by atoms with Crippen LogP contribution in [-0.2, 0) is 0 Å². The summed E-state index contributed by atoms with van der Waals surface area (Å²) in [5.41, 5.74) is 5.30. The molecule has 1 saturated heterocycles. The van der Waals surface area contributed by atoms with Gasteiger partial charge in [-0.1, -0.05) is 6.92 Å². The van der Waals surface area contributed by atoms with Crippen molar-refractivity contribution in [3.8, 4) is 0 Å². The Labute approximate surface area is 155 Å². The number of carboxylic acid groups (broad SMARTS) is 1. The Morgan fingerprint density at radius 2 is 2.08 bits per heavy atom. The first kappa shape index (κ1) is 18.6. The molecule has 0 radical (unpaired) electrons. The molecule has 2 unspecified atom stereocenters. The van der Waals surface area contributed by atoms with Gasteiger partial charge in [-0.3, -0.25) is 4.79 Å². The third-order valence-corrected chi connectivity index (χ3v) is 5.08. The number of nitrogens with two attached hydrogens (primary N) is 1. The molecule has 0 spiro atoms. The predicted octanol–water partition coefficient (Wildman–Crippen LogP) is 1.77. The van der Waals surface area contributed by atoms with Gasteiger partial charge in [0, 0.05) is 31.4 Å². The third-order valence-electron chi connectivity index (χ3n) is 5.08. The van der Waals surface area contributed by atoms with Gasteiger partial charge in [0.2, 0.25) is 5.43 Å². The molecule has 26 heavy (non-hydrogen) atoms. The number of hydrogen-bond acceptors (Lipinski definition) is 5. The molecule has 1 aliphatic heterocycles. The molecule has 0 bridgehead atoms. The van der Waals surface area contributed by atoms with Crippen LogP contribution in [0.1, 0.15) is 36.2 Å². The highest BCUT2D eigenvalue weighted by Gasteiger charge is 2.32. The van der Waals surface area contributed by atoms with Gasteiger partial charge in [-0.15, -0.1) is 12.4 Å². The number of anilines is 1. The quantitative estimate of drug-likeness (QED) is 0.839. The average Bonchev–Trinajstić information content (AvgIpc) is 3.33. The number of aromatic nitrogens is 2. The summed E-state index contributed by atoms with van der Waals surface area (Å²) in [5, 5.41) is 9.26. The summed E-state index contributed by atoms with van der Waals surface area (Å²) >= 11 is 0. The second kappa shape index (κ2) is 6.51. The van der Waals surface area contributed by atoms with E-state index in [1.165, 1.54) is 6.20 Å². The fourth-order valence-electron chi connectivity index (χ4n) is 3.41. The SMILES string of the molecule is CC1CN(c2nc3c(cc2F)c(=O)c(C(=O)O)cn3C2CC2)CC1N.Cl. The van der Waals surface area contributed by atoms with Crippen LogP contribution in [0.3, 0.4) is 0 Å². The van der Waals surface area contributed by atoms with Crippen molar-refractivity contribution in [2.45, 2.75) is 31.8 Å². The first-order valence-electron chi connectivity index (χ1n) is 8.36. The summed E-state index contributed by atoms with van der Waals surface area (Å²) < 4.78 is 16.3. The molecule has 4 rings (SSSR count). The van der Waals surface area contributed by atoms with Crippen LogP contribution in [0, 0.1) is 11.7 Å². The number of carboxylic acids is 1. The number of pyridine rings is 2. The topological polar surface area (TPSA) is 101 Å². The van der Waals surface area contributed by atoms with Crippen LogP contribution in [0.4, 0.5) is 10.2 Å². The molecule has 0 aromatic carbocycles. The Kier molecular flexibility index (Phi) is 4.66. The number of rotatable bonds is 3. The van der Waals surface area contributed by atoms with Crippen LogP contribution < -0.4 is 16.1 Å². The minimum Gasteiger partial charge on any atom is -0.477 e. The second-order valence-electron chi connectivity index (χ2n) is 7.03. The van der Waals surface area contributed by atoms with Crippen molar-refractivity contribution >= 4 is 35.2 Å². The highest BCUT2D eigenvalue weighted by Crippen LogP contribution is 2.37. The van der Waals surface area contributed by atoms with E-state index < -0.39 is 17.2 Å². The Morgan fingerprint density at radius 3 is 2.62 bits per heavy atom. The molecule has 1 saturated carbocycles. The van der Waals surface area contributed by atoms with Crippen molar-refractivity contribution in [1.29, 1.82) is 0 Å². The van der Waals surface area contributed by atoms with E-state index >= 15 is 0 Å². The van der Waals surface area contributed by atoms with E-state index in [4.69, 9.17) is 5.73 Å². The monoisotopic (exact) mass is 382 g/mol. The van der Waals surface area contributed by atoms with E-state index in [1.807, 2.05) is 6.92 Å². The molecule has 2 aliphatic rings. The Morgan fingerprint density at radius 1 is 1.38 bits per heavy atom. The van der Waals surface area contributed by atoms with Crippen molar-refractivity contribution in [3.05, 3.63) is 33.9 Å². The molecule has 2 fully saturated rings.